The third kappa shape index (κ3) is 1.89. The quantitative estimate of drug-likeness (QED) is 0.750. The van der Waals surface area contributed by atoms with Gasteiger partial charge in [0.1, 0.15) is 11.5 Å². The lowest BCUT2D eigenvalue weighted by atomic mass is 9.94. The third-order valence-electron chi connectivity index (χ3n) is 2.19. The molecule has 0 aliphatic carbocycles. The monoisotopic (exact) mass is 167 g/mol. The largest absolute Gasteiger partial charge is 0.466 e. The van der Waals surface area contributed by atoms with E-state index in [1.165, 1.54) is 0 Å². The Labute approximate surface area is 73.8 Å². The molecule has 1 unspecified atom stereocenters. The Morgan fingerprint density at radius 3 is 2.42 bits per heavy atom. The summed E-state index contributed by atoms with van der Waals surface area (Å²) in [6.45, 7) is 6.94. The minimum absolute atomic E-state index is 0.360. The maximum Gasteiger partial charge on any atom is 0.108 e. The van der Waals surface area contributed by atoms with Gasteiger partial charge in [-0.2, -0.15) is 0 Å². The molecule has 0 aliphatic rings. The highest BCUT2D eigenvalue weighted by Gasteiger charge is 2.16. The molecule has 1 aromatic heterocycles. The SMILES string of the molecule is Cc1ccc(C(CN)C(C)C)o1. The predicted molar refractivity (Wildman–Crippen MR) is 50.1 cm³/mol. The minimum Gasteiger partial charge on any atom is -0.466 e. The van der Waals surface area contributed by atoms with Crippen molar-refractivity contribution in [1.29, 1.82) is 0 Å². The minimum atomic E-state index is 0.360. The molecule has 0 fully saturated rings. The first-order chi connectivity index (χ1) is 5.65. The molecule has 1 rings (SSSR count). The summed E-state index contributed by atoms with van der Waals surface area (Å²) >= 11 is 0. The molecular weight excluding hydrogens is 150 g/mol. The normalized spacial score (nSPS) is 13.8. The number of furan rings is 1. The van der Waals surface area contributed by atoms with E-state index in [0.29, 0.717) is 18.4 Å². The molecule has 0 aliphatic heterocycles. The van der Waals surface area contributed by atoms with Crippen LogP contribution in [-0.4, -0.2) is 6.54 Å². The van der Waals surface area contributed by atoms with E-state index in [0.717, 1.165) is 11.5 Å². The van der Waals surface area contributed by atoms with Crippen LogP contribution in [0.4, 0.5) is 0 Å². The summed E-state index contributed by atoms with van der Waals surface area (Å²) in [5, 5.41) is 0. The highest BCUT2D eigenvalue weighted by atomic mass is 16.3. The molecule has 0 saturated carbocycles. The van der Waals surface area contributed by atoms with Gasteiger partial charge in [0.05, 0.1) is 0 Å². The Bertz CT molecular complexity index is 240. The first-order valence-corrected chi connectivity index (χ1v) is 4.41. The Hall–Kier alpha value is -0.760. The summed E-state index contributed by atoms with van der Waals surface area (Å²) in [5.41, 5.74) is 5.65. The lowest BCUT2D eigenvalue weighted by Crippen LogP contribution is -2.17. The van der Waals surface area contributed by atoms with Gasteiger partial charge in [0.15, 0.2) is 0 Å². The van der Waals surface area contributed by atoms with Crippen LogP contribution in [0.15, 0.2) is 16.5 Å². The van der Waals surface area contributed by atoms with Crippen molar-refractivity contribution in [3.63, 3.8) is 0 Å². The fraction of sp³-hybridized carbons (Fsp3) is 0.600. The molecule has 68 valence electrons. The number of hydrogen-bond donors (Lipinski definition) is 1. The van der Waals surface area contributed by atoms with Gasteiger partial charge in [-0.3, -0.25) is 0 Å². The molecular formula is C10H17NO. The predicted octanol–water partition coefficient (Wildman–Crippen LogP) is 2.29. The highest BCUT2D eigenvalue weighted by Crippen LogP contribution is 2.24. The van der Waals surface area contributed by atoms with E-state index < -0.39 is 0 Å². The molecule has 0 aromatic carbocycles. The Kier molecular flexibility index (Phi) is 2.93. The zero-order valence-corrected chi connectivity index (χ0v) is 8.00. The number of nitrogens with two attached hydrogens (primary N) is 1. The van der Waals surface area contributed by atoms with Crippen LogP contribution in [-0.2, 0) is 0 Å². The van der Waals surface area contributed by atoms with E-state index in [9.17, 15) is 0 Å². The van der Waals surface area contributed by atoms with Crippen molar-refractivity contribution in [3.05, 3.63) is 23.7 Å². The van der Waals surface area contributed by atoms with Gasteiger partial charge in [-0.15, -0.1) is 0 Å². The van der Waals surface area contributed by atoms with Crippen LogP contribution >= 0.6 is 0 Å². The van der Waals surface area contributed by atoms with Crippen LogP contribution in [0.5, 0.6) is 0 Å². The molecule has 0 amide bonds. The van der Waals surface area contributed by atoms with E-state index in [-0.39, 0.29) is 0 Å². The number of aryl methyl sites for hydroxylation is 1. The fourth-order valence-corrected chi connectivity index (χ4v) is 1.37. The molecule has 1 heterocycles. The Morgan fingerprint density at radius 1 is 1.42 bits per heavy atom. The van der Waals surface area contributed by atoms with Gasteiger partial charge in [0.2, 0.25) is 0 Å². The van der Waals surface area contributed by atoms with Crippen LogP contribution in [0.3, 0.4) is 0 Å². The van der Waals surface area contributed by atoms with Gasteiger partial charge >= 0.3 is 0 Å². The van der Waals surface area contributed by atoms with Gasteiger partial charge in [-0.1, -0.05) is 13.8 Å². The van der Waals surface area contributed by atoms with Crippen molar-refractivity contribution in [1.82, 2.24) is 0 Å². The molecule has 2 N–H and O–H groups in total. The standard InChI is InChI=1S/C10H17NO/c1-7(2)9(6-11)10-5-4-8(3)12-10/h4-5,7,9H,6,11H2,1-3H3. The molecule has 1 aromatic rings. The van der Waals surface area contributed by atoms with E-state index in [1.807, 2.05) is 19.1 Å². The Balaban J connectivity index is 2.80. The van der Waals surface area contributed by atoms with Crippen LogP contribution in [0, 0.1) is 12.8 Å². The van der Waals surface area contributed by atoms with E-state index in [1.54, 1.807) is 0 Å². The number of hydrogen-bond acceptors (Lipinski definition) is 2. The molecule has 0 saturated heterocycles. The van der Waals surface area contributed by atoms with Crippen molar-refractivity contribution in [2.75, 3.05) is 6.54 Å². The van der Waals surface area contributed by atoms with E-state index in [4.69, 9.17) is 10.2 Å². The van der Waals surface area contributed by atoms with Crippen molar-refractivity contribution in [3.8, 4) is 0 Å². The van der Waals surface area contributed by atoms with Crippen LogP contribution in [0.2, 0.25) is 0 Å². The summed E-state index contributed by atoms with van der Waals surface area (Å²) in [5.74, 6) is 2.88. The molecule has 1 atom stereocenters. The second-order valence-corrected chi connectivity index (χ2v) is 3.53. The molecule has 2 nitrogen and oxygen atoms in total. The summed E-state index contributed by atoms with van der Waals surface area (Å²) in [7, 11) is 0. The van der Waals surface area contributed by atoms with Crippen molar-refractivity contribution in [2.24, 2.45) is 11.7 Å². The average Bonchev–Trinajstić information content (AvgIpc) is 2.37. The summed E-state index contributed by atoms with van der Waals surface area (Å²) in [6, 6.07) is 4.01. The van der Waals surface area contributed by atoms with Crippen LogP contribution in [0.25, 0.3) is 0 Å². The van der Waals surface area contributed by atoms with Crippen molar-refractivity contribution < 1.29 is 4.42 Å². The highest BCUT2D eigenvalue weighted by molar-refractivity contribution is 5.11. The average molecular weight is 167 g/mol. The van der Waals surface area contributed by atoms with Crippen molar-refractivity contribution >= 4 is 0 Å². The van der Waals surface area contributed by atoms with Gasteiger partial charge in [0.25, 0.3) is 0 Å². The maximum absolute atomic E-state index is 5.65. The fourth-order valence-electron chi connectivity index (χ4n) is 1.37. The summed E-state index contributed by atoms with van der Waals surface area (Å²) in [4.78, 5) is 0. The zero-order chi connectivity index (χ0) is 9.14. The molecule has 12 heavy (non-hydrogen) atoms. The molecule has 0 radical (unpaired) electrons. The van der Waals surface area contributed by atoms with E-state index in [2.05, 4.69) is 13.8 Å². The first kappa shape index (κ1) is 9.33. The summed E-state index contributed by atoms with van der Waals surface area (Å²) in [6.07, 6.45) is 0. The topological polar surface area (TPSA) is 39.2 Å². The molecule has 0 bridgehead atoms. The second-order valence-electron chi connectivity index (χ2n) is 3.53. The molecule has 2 heteroatoms. The van der Waals surface area contributed by atoms with E-state index >= 15 is 0 Å². The smallest absolute Gasteiger partial charge is 0.108 e. The zero-order valence-electron chi connectivity index (χ0n) is 8.00. The van der Waals surface area contributed by atoms with Gasteiger partial charge in [-0.25, -0.2) is 0 Å². The molecule has 0 spiro atoms. The third-order valence-corrected chi connectivity index (χ3v) is 2.19. The lowest BCUT2D eigenvalue weighted by molar-refractivity contribution is 0.389. The van der Waals surface area contributed by atoms with Gasteiger partial charge in [0, 0.05) is 12.5 Å². The summed E-state index contributed by atoms with van der Waals surface area (Å²) < 4.78 is 5.52. The van der Waals surface area contributed by atoms with Crippen LogP contribution < -0.4 is 5.73 Å². The van der Waals surface area contributed by atoms with Gasteiger partial charge < -0.3 is 10.2 Å². The Morgan fingerprint density at radius 2 is 2.08 bits per heavy atom. The maximum atomic E-state index is 5.65. The van der Waals surface area contributed by atoms with Crippen LogP contribution in [0.1, 0.15) is 31.3 Å². The second kappa shape index (κ2) is 3.76. The van der Waals surface area contributed by atoms with Crippen molar-refractivity contribution in [2.45, 2.75) is 26.7 Å². The van der Waals surface area contributed by atoms with Gasteiger partial charge in [-0.05, 0) is 25.0 Å². The lowest BCUT2D eigenvalue weighted by Gasteiger charge is -2.15. The number of rotatable bonds is 3. The first-order valence-electron chi connectivity index (χ1n) is 4.41.